The highest BCUT2D eigenvalue weighted by Crippen LogP contribution is 2.30. The first-order valence-corrected chi connectivity index (χ1v) is 13.2. The summed E-state index contributed by atoms with van der Waals surface area (Å²) in [5, 5.41) is 0. The van der Waals surface area contributed by atoms with Crippen molar-refractivity contribution in [2.75, 3.05) is 38.4 Å². The average Bonchev–Trinajstić information content (AvgIpc) is 2.79. The van der Waals surface area contributed by atoms with Gasteiger partial charge in [-0.15, -0.1) is 11.8 Å². The predicted molar refractivity (Wildman–Crippen MR) is 139 cm³/mol. The van der Waals surface area contributed by atoms with Gasteiger partial charge in [-0.1, -0.05) is 31.2 Å². The van der Waals surface area contributed by atoms with Crippen molar-refractivity contribution in [2.24, 2.45) is 5.92 Å². The zero-order chi connectivity index (χ0) is 26.5. The highest BCUT2D eigenvalue weighted by atomic mass is 32.2. The lowest BCUT2D eigenvalue weighted by Crippen LogP contribution is -2.48. The Morgan fingerprint density at radius 1 is 1.09 bits per heavy atom. The van der Waals surface area contributed by atoms with Gasteiger partial charge in [0.2, 0.25) is 5.91 Å². The van der Waals surface area contributed by atoms with Gasteiger partial charge in [-0.2, -0.15) is 0 Å². The van der Waals surface area contributed by atoms with Gasteiger partial charge >= 0.3 is 11.9 Å². The topological polar surface area (TPSA) is 103 Å². The van der Waals surface area contributed by atoms with Gasteiger partial charge in [0.15, 0.2) is 0 Å². The van der Waals surface area contributed by atoms with E-state index >= 15 is 0 Å². The molecule has 8 nitrogen and oxygen atoms in total. The van der Waals surface area contributed by atoms with Crippen LogP contribution in [0.15, 0.2) is 24.3 Å². The number of benzene rings is 1. The summed E-state index contributed by atoms with van der Waals surface area (Å²) in [5.41, 5.74) is 5.90. The standard InChI is InChI=1S/C26H42N2O6S/c1-8-32-22(29)17-35-18-25(4,5)34-14-13-26(6,24(31)28-27-7)21-12-10-11-20(16-21)15-19(3)23(30)33-9-2/h10-12,16,19,27H,8-9,13-15,17-18H2,1-7H3,(H,28,31). The molecule has 0 aliphatic carbocycles. The lowest BCUT2D eigenvalue weighted by Gasteiger charge is -2.32. The van der Waals surface area contributed by atoms with E-state index in [0.717, 1.165) is 11.1 Å². The van der Waals surface area contributed by atoms with E-state index in [1.54, 1.807) is 20.9 Å². The molecule has 2 N–H and O–H groups in total. The maximum Gasteiger partial charge on any atom is 0.315 e. The molecule has 0 saturated heterocycles. The number of amides is 1. The Morgan fingerprint density at radius 2 is 1.77 bits per heavy atom. The molecule has 1 amide bonds. The molecule has 0 radical (unpaired) electrons. The van der Waals surface area contributed by atoms with Crippen molar-refractivity contribution in [3.8, 4) is 0 Å². The number of hydrazine groups is 1. The monoisotopic (exact) mass is 510 g/mol. The molecule has 35 heavy (non-hydrogen) atoms. The minimum absolute atomic E-state index is 0.173. The third-order valence-corrected chi connectivity index (χ3v) is 6.94. The second-order valence-corrected chi connectivity index (χ2v) is 10.2. The zero-order valence-corrected chi connectivity index (χ0v) is 23.0. The van der Waals surface area contributed by atoms with Crippen LogP contribution in [0.4, 0.5) is 0 Å². The number of carbonyl (C=O) groups is 3. The van der Waals surface area contributed by atoms with E-state index in [4.69, 9.17) is 14.2 Å². The molecule has 0 heterocycles. The molecule has 0 spiro atoms. The molecular formula is C26H42N2O6S. The van der Waals surface area contributed by atoms with Crippen molar-refractivity contribution in [1.29, 1.82) is 0 Å². The fraction of sp³-hybridized carbons (Fsp3) is 0.654. The van der Waals surface area contributed by atoms with Crippen molar-refractivity contribution in [3.05, 3.63) is 35.4 Å². The minimum atomic E-state index is -0.861. The Labute approximate surface area is 214 Å². The zero-order valence-electron chi connectivity index (χ0n) is 22.2. The third kappa shape index (κ3) is 10.6. The number of hydrogen-bond donors (Lipinski definition) is 2. The first kappa shape index (κ1) is 30.9. The van der Waals surface area contributed by atoms with E-state index in [-0.39, 0.29) is 29.5 Å². The molecule has 0 aliphatic rings. The second kappa shape index (κ2) is 15.1. The van der Waals surface area contributed by atoms with Gasteiger partial charge in [0.05, 0.1) is 35.9 Å². The fourth-order valence-corrected chi connectivity index (χ4v) is 4.49. The Bertz CT molecular complexity index is 832. The molecule has 0 fully saturated rings. The van der Waals surface area contributed by atoms with Crippen LogP contribution in [0.25, 0.3) is 0 Å². The molecule has 1 aromatic carbocycles. The Kier molecular flexibility index (Phi) is 13.4. The lowest BCUT2D eigenvalue weighted by atomic mass is 9.78. The summed E-state index contributed by atoms with van der Waals surface area (Å²) in [6.45, 7) is 12.3. The lowest BCUT2D eigenvalue weighted by molar-refractivity contribution is -0.147. The summed E-state index contributed by atoms with van der Waals surface area (Å²) in [5.74, 6) is -0.0220. The van der Waals surface area contributed by atoms with Crippen LogP contribution in [0.3, 0.4) is 0 Å². The Hall–Kier alpha value is -2.10. The van der Waals surface area contributed by atoms with Gasteiger partial charge in [-0.25, -0.2) is 5.43 Å². The normalized spacial score (nSPS) is 14.0. The molecule has 198 valence electrons. The van der Waals surface area contributed by atoms with Crippen LogP contribution in [0.5, 0.6) is 0 Å². The van der Waals surface area contributed by atoms with E-state index in [9.17, 15) is 14.4 Å². The summed E-state index contributed by atoms with van der Waals surface area (Å²) >= 11 is 1.46. The number of esters is 2. The molecule has 9 heteroatoms. The number of hydrogen-bond acceptors (Lipinski definition) is 8. The average molecular weight is 511 g/mol. The maximum absolute atomic E-state index is 13.1. The van der Waals surface area contributed by atoms with E-state index in [1.165, 1.54) is 11.8 Å². The van der Waals surface area contributed by atoms with E-state index in [0.29, 0.717) is 38.4 Å². The van der Waals surface area contributed by atoms with Crippen LogP contribution in [0, 0.1) is 5.92 Å². The number of carbonyl (C=O) groups excluding carboxylic acids is 3. The molecule has 0 aliphatic heterocycles. The van der Waals surface area contributed by atoms with Crippen molar-refractivity contribution < 1.29 is 28.6 Å². The molecule has 2 unspecified atom stereocenters. The van der Waals surface area contributed by atoms with Gasteiger partial charge in [-0.05, 0) is 58.6 Å². The van der Waals surface area contributed by atoms with E-state index in [2.05, 4.69) is 10.9 Å². The highest BCUT2D eigenvalue weighted by Gasteiger charge is 2.36. The quantitative estimate of drug-likeness (QED) is 0.258. The van der Waals surface area contributed by atoms with E-state index < -0.39 is 11.0 Å². The summed E-state index contributed by atoms with van der Waals surface area (Å²) in [6, 6.07) is 7.76. The highest BCUT2D eigenvalue weighted by molar-refractivity contribution is 8.00. The SMILES string of the molecule is CCOC(=O)CSCC(C)(C)OCCC(C)(C(=O)NNC)c1cccc(CC(C)C(=O)OCC)c1. The first-order chi connectivity index (χ1) is 16.5. The van der Waals surface area contributed by atoms with Gasteiger partial charge in [0, 0.05) is 19.4 Å². The van der Waals surface area contributed by atoms with Gasteiger partial charge in [0.1, 0.15) is 0 Å². The second-order valence-electron chi connectivity index (χ2n) is 9.25. The van der Waals surface area contributed by atoms with Crippen molar-refractivity contribution in [3.63, 3.8) is 0 Å². The van der Waals surface area contributed by atoms with Gasteiger partial charge in [0.25, 0.3) is 0 Å². The first-order valence-electron chi connectivity index (χ1n) is 12.1. The summed E-state index contributed by atoms with van der Waals surface area (Å²) < 4.78 is 16.2. The molecule has 1 rings (SSSR count). The molecule has 0 saturated carbocycles. The smallest absolute Gasteiger partial charge is 0.315 e. The van der Waals surface area contributed by atoms with Crippen LogP contribution in [-0.2, 0) is 40.4 Å². The summed E-state index contributed by atoms with van der Waals surface area (Å²) in [7, 11) is 1.65. The van der Waals surface area contributed by atoms with Crippen LogP contribution in [0.1, 0.15) is 59.1 Å². The number of thioether (sulfide) groups is 1. The van der Waals surface area contributed by atoms with Gasteiger partial charge in [-0.3, -0.25) is 19.8 Å². The minimum Gasteiger partial charge on any atom is -0.466 e. The molecule has 0 aromatic heterocycles. The summed E-state index contributed by atoms with van der Waals surface area (Å²) in [4.78, 5) is 36.7. The van der Waals surface area contributed by atoms with E-state index in [1.807, 2.05) is 52.0 Å². The van der Waals surface area contributed by atoms with Crippen LogP contribution >= 0.6 is 11.8 Å². The summed E-state index contributed by atoms with van der Waals surface area (Å²) in [6.07, 6.45) is 0.973. The number of ether oxygens (including phenoxy) is 3. The van der Waals surface area contributed by atoms with Crippen molar-refractivity contribution in [1.82, 2.24) is 10.9 Å². The van der Waals surface area contributed by atoms with Crippen molar-refractivity contribution in [2.45, 2.75) is 65.4 Å². The number of nitrogens with one attached hydrogen (secondary N) is 2. The largest absolute Gasteiger partial charge is 0.466 e. The van der Waals surface area contributed by atoms with Crippen LogP contribution < -0.4 is 10.9 Å². The van der Waals surface area contributed by atoms with Gasteiger partial charge < -0.3 is 14.2 Å². The van der Waals surface area contributed by atoms with Crippen LogP contribution in [-0.4, -0.2) is 61.8 Å². The molecule has 2 atom stereocenters. The van der Waals surface area contributed by atoms with Crippen LogP contribution in [0.2, 0.25) is 0 Å². The molecule has 0 bridgehead atoms. The molecule has 1 aromatic rings. The third-order valence-electron chi connectivity index (χ3n) is 5.60. The van der Waals surface area contributed by atoms with Crippen molar-refractivity contribution >= 4 is 29.6 Å². The maximum atomic E-state index is 13.1. The fourth-order valence-electron chi connectivity index (χ4n) is 3.56. The number of rotatable bonds is 16. The molecular weight excluding hydrogens is 468 g/mol. The Morgan fingerprint density at radius 3 is 2.40 bits per heavy atom. The Balaban J connectivity index is 2.90. The predicted octanol–water partition coefficient (Wildman–Crippen LogP) is 3.42.